The van der Waals surface area contributed by atoms with Gasteiger partial charge in [-0.1, -0.05) is 36.4 Å². The highest BCUT2D eigenvalue weighted by molar-refractivity contribution is 6.07. The number of para-hydroxylation sites is 2. The third kappa shape index (κ3) is 1.24. The Bertz CT molecular complexity index is 586. The zero-order valence-corrected chi connectivity index (χ0v) is 8.93. The average Bonchev–Trinajstić information content (AvgIpc) is 2.66. The van der Waals surface area contributed by atoms with Crippen LogP contribution in [0.2, 0.25) is 0 Å². The highest BCUT2D eigenvalue weighted by Gasteiger charge is 2.07. The number of aliphatic hydroxyl groups is 1. The molecule has 1 aromatic heterocycles. The molecule has 0 amide bonds. The summed E-state index contributed by atoms with van der Waals surface area (Å²) in [6.45, 7) is 0.816. The Balaban J connectivity index is 2.49. The Labute approximate surface area is 93.7 Å². The molecule has 80 valence electrons. The topological polar surface area (TPSA) is 25.2 Å². The van der Waals surface area contributed by atoms with Gasteiger partial charge in [-0.2, -0.15) is 0 Å². The van der Waals surface area contributed by atoms with Crippen LogP contribution in [0.15, 0.2) is 48.5 Å². The summed E-state index contributed by atoms with van der Waals surface area (Å²) in [6, 6.07) is 16.6. The second-order valence-electron chi connectivity index (χ2n) is 3.91. The first-order valence-corrected chi connectivity index (χ1v) is 5.48. The lowest BCUT2D eigenvalue weighted by Gasteiger charge is -2.03. The van der Waals surface area contributed by atoms with Crippen molar-refractivity contribution >= 4 is 21.8 Å². The summed E-state index contributed by atoms with van der Waals surface area (Å²) in [7, 11) is 0. The highest BCUT2D eigenvalue weighted by Crippen LogP contribution is 2.28. The molecule has 0 aliphatic rings. The van der Waals surface area contributed by atoms with E-state index in [1.807, 2.05) is 12.1 Å². The van der Waals surface area contributed by atoms with E-state index in [-0.39, 0.29) is 6.61 Å². The zero-order valence-electron chi connectivity index (χ0n) is 8.93. The monoisotopic (exact) mass is 211 g/mol. The molecular formula is C14H13NO. The summed E-state index contributed by atoms with van der Waals surface area (Å²) in [5, 5.41) is 11.6. The third-order valence-electron chi connectivity index (χ3n) is 3.00. The largest absolute Gasteiger partial charge is 0.395 e. The zero-order chi connectivity index (χ0) is 11.0. The molecular weight excluding hydrogens is 198 g/mol. The third-order valence-corrected chi connectivity index (χ3v) is 3.00. The Morgan fingerprint density at radius 1 is 0.812 bits per heavy atom. The molecule has 0 aliphatic carbocycles. The van der Waals surface area contributed by atoms with E-state index in [1.165, 1.54) is 21.8 Å². The minimum absolute atomic E-state index is 0.169. The normalized spacial score (nSPS) is 11.3. The fraction of sp³-hybridized carbons (Fsp3) is 0.143. The summed E-state index contributed by atoms with van der Waals surface area (Å²) >= 11 is 0. The van der Waals surface area contributed by atoms with Gasteiger partial charge in [-0.25, -0.2) is 0 Å². The van der Waals surface area contributed by atoms with Crippen LogP contribution in [0.1, 0.15) is 0 Å². The molecule has 1 N–H and O–H groups in total. The fourth-order valence-corrected chi connectivity index (χ4v) is 2.34. The maximum absolute atomic E-state index is 9.14. The van der Waals surface area contributed by atoms with Crippen LogP contribution in [0.25, 0.3) is 21.8 Å². The van der Waals surface area contributed by atoms with E-state index in [4.69, 9.17) is 5.11 Å². The first-order valence-electron chi connectivity index (χ1n) is 5.48. The number of hydrogen-bond donors (Lipinski definition) is 1. The predicted molar refractivity (Wildman–Crippen MR) is 66.5 cm³/mol. The molecule has 0 bridgehead atoms. The first-order chi connectivity index (χ1) is 7.92. The Kier molecular flexibility index (Phi) is 2.15. The molecule has 0 saturated carbocycles. The van der Waals surface area contributed by atoms with Gasteiger partial charge in [0.25, 0.3) is 0 Å². The van der Waals surface area contributed by atoms with Crippen LogP contribution in [0.5, 0.6) is 0 Å². The number of benzene rings is 2. The fourth-order valence-electron chi connectivity index (χ4n) is 2.34. The minimum Gasteiger partial charge on any atom is -0.395 e. The van der Waals surface area contributed by atoms with Gasteiger partial charge < -0.3 is 9.67 Å². The van der Waals surface area contributed by atoms with Gasteiger partial charge in [0.1, 0.15) is 0 Å². The lowest BCUT2D eigenvalue weighted by molar-refractivity contribution is 0.280. The maximum Gasteiger partial charge on any atom is 0.0610 e. The van der Waals surface area contributed by atoms with Gasteiger partial charge in [-0.05, 0) is 12.1 Å². The van der Waals surface area contributed by atoms with E-state index in [0.29, 0.717) is 6.54 Å². The van der Waals surface area contributed by atoms with Gasteiger partial charge in [0.15, 0.2) is 0 Å². The van der Waals surface area contributed by atoms with Crippen molar-refractivity contribution in [2.24, 2.45) is 0 Å². The van der Waals surface area contributed by atoms with E-state index in [2.05, 4.69) is 41.0 Å². The number of nitrogens with zero attached hydrogens (tertiary/aromatic N) is 1. The Morgan fingerprint density at radius 2 is 1.31 bits per heavy atom. The van der Waals surface area contributed by atoms with Crippen LogP contribution in [0.4, 0.5) is 0 Å². The number of aromatic nitrogens is 1. The molecule has 0 radical (unpaired) electrons. The van der Waals surface area contributed by atoms with E-state index >= 15 is 0 Å². The van der Waals surface area contributed by atoms with E-state index in [0.717, 1.165) is 0 Å². The summed E-state index contributed by atoms with van der Waals surface area (Å²) in [5.74, 6) is 0. The summed E-state index contributed by atoms with van der Waals surface area (Å²) < 4.78 is 2.17. The first kappa shape index (κ1) is 9.43. The van der Waals surface area contributed by atoms with Crippen molar-refractivity contribution in [3.63, 3.8) is 0 Å². The molecule has 0 saturated heterocycles. The van der Waals surface area contributed by atoms with Crippen LogP contribution in [-0.4, -0.2) is 16.3 Å². The van der Waals surface area contributed by atoms with Gasteiger partial charge in [0, 0.05) is 28.4 Å². The van der Waals surface area contributed by atoms with Gasteiger partial charge in [-0.3, -0.25) is 0 Å². The summed E-state index contributed by atoms with van der Waals surface area (Å²) in [4.78, 5) is 0. The summed E-state index contributed by atoms with van der Waals surface area (Å²) in [5.41, 5.74) is 2.38. The molecule has 3 aromatic rings. The second-order valence-corrected chi connectivity index (χ2v) is 3.91. The molecule has 16 heavy (non-hydrogen) atoms. The van der Waals surface area contributed by atoms with Crippen molar-refractivity contribution in [2.45, 2.75) is 6.54 Å². The van der Waals surface area contributed by atoms with E-state index in [9.17, 15) is 0 Å². The van der Waals surface area contributed by atoms with Gasteiger partial charge in [0.2, 0.25) is 0 Å². The maximum atomic E-state index is 9.14. The van der Waals surface area contributed by atoms with Crippen molar-refractivity contribution in [2.75, 3.05) is 6.61 Å². The van der Waals surface area contributed by atoms with E-state index < -0.39 is 0 Å². The predicted octanol–water partition coefficient (Wildman–Crippen LogP) is 2.79. The molecule has 2 heteroatoms. The van der Waals surface area contributed by atoms with Gasteiger partial charge in [-0.15, -0.1) is 0 Å². The van der Waals surface area contributed by atoms with Crippen LogP contribution in [0.3, 0.4) is 0 Å². The van der Waals surface area contributed by atoms with Gasteiger partial charge in [0.05, 0.1) is 6.61 Å². The quantitative estimate of drug-likeness (QED) is 0.692. The van der Waals surface area contributed by atoms with Crippen molar-refractivity contribution in [3.05, 3.63) is 48.5 Å². The standard InChI is InChI=1S/C14H13NO/c16-10-9-15-13-7-3-1-5-11(13)12-6-2-4-8-14(12)15/h1-8,16H,9-10H2. The van der Waals surface area contributed by atoms with Gasteiger partial charge >= 0.3 is 0 Å². The molecule has 2 nitrogen and oxygen atoms in total. The molecule has 3 rings (SSSR count). The average molecular weight is 211 g/mol. The Morgan fingerprint density at radius 3 is 1.81 bits per heavy atom. The SMILES string of the molecule is OCCn1c2ccccc2c2ccccc21. The molecule has 0 atom stereocenters. The van der Waals surface area contributed by atoms with Crippen molar-refractivity contribution in [1.29, 1.82) is 0 Å². The number of rotatable bonds is 2. The lowest BCUT2D eigenvalue weighted by atomic mass is 10.2. The minimum atomic E-state index is 0.169. The van der Waals surface area contributed by atoms with Crippen LogP contribution >= 0.6 is 0 Å². The molecule has 0 fully saturated rings. The molecule has 1 heterocycles. The lowest BCUT2D eigenvalue weighted by Crippen LogP contribution is -2.00. The number of aliphatic hydroxyl groups excluding tert-OH is 1. The smallest absolute Gasteiger partial charge is 0.0610 e. The van der Waals surface area contributed by atoms with Crippen LogP contribution in [-0.2, 0) is 6.54 Å². The highest BCUT2D eigenvalue weighted by atomic mass is 16.3. The summed E-state index contributed by atoms with van der Waals surface area (Å²) in [6.07, 6.45) is 0. The number of hydrogen-bond acceptors (Lipinski definition) is 1. The van der Waals surface area contributed by atoms with Crippen molar-refractivity contribution < 1.29 is 5.11 Å². The van der Waals surface area contributed by atoms with Crippen molar-refractivity contribution in [1.82, 2.24) is 4.57 Å². The molecule has 0 spiro atoms. The van der Waals surface area contributed by atoms with Crippen molar-refractivity contribution in [3.8, 4) is 0 Å². The molecule has 0 unspecified atom stereocenters. The van der Waals surface area contributed by atoms with E-state index in [1.54, 1.807) is 0 Å². The molecule has 2 aromatic carbocycles. The molecule has 0 aliphatic heterocycles. The van der Waals surface area contributed by atoms with Crippen LogP contribution < -0.4 is 0 Å². The Hall–Kier alpha value is -1.80. The van der Waals surface area contributed by atoms with Crippen LogP contribution in [0, 0.1) is 0 Å². The second kappa shape index (κ2) is 3.65. The number of fused-ring (bicyclic) bond motifs is 3.